The van der Waals surface area contributed by atoms with Crippen LogP contribution in [0.3, 0.4) is 0 Å². The van der Waals surface area contributed by atoms with Crippen molar-refractivity contribution < 1.29 is 9.15 Å². The molecule has 1 atom stereocenters. The number of rotatable bonds is 6. The van der Waals surface area contributed by atoms with Gasteiger partial charge in [0.2, 0.25) is 5.89 Å². The lowest BCUT2D eigenvalue weighted by Gasteiger charge is -2.13. The molecule has 1 aliphatic rings. The van der Waals surface area contributed by atoms with Crippen molar-refractivity contribution in [1.29, 1.82) is 0 Å². The minimum Gasteiger partial charge on any atom is -0.441 e. The second-order valence-electron chi connectivity index (χ2n) is 7.33. The molecule has 1 fully saturated rings. The van der Waals surface area contributed by atoms with Crippen LogP contribution in [0.15, 0.2) is 45.0 Å². The highest BCUT2D eigenvalue weighted by atomic mass is 35.5. The van der Waals surface area contributed by atoms with E-state index >= 15 is 0 Å². The van der Waals surface area contributed by atoms with Gasteiger partial charge in [-0.25, -0.2) is 15.0 Å². The molecule has 8 nitrogen and oxygen atoms in total. The van der Waals surface area contributed by atoms with Crippen molar-refractivity contribution in [3.63, 3.8) is 0 Å². The molecule has 0 aliphatic carbocycles. The van der Waals surface area contributed by atoms with Crippen molar-refractivity contribution >= 4 is 34.5 Å². The number of benzene rings is 1. The number of nitrogens with one attached hydrogen (secondary N) is 1. The molecule has 10 heteroatoms. The van der Waals surface area contributed by atoms with E-state index in [1.807, 2.05) is 35.8 Å². The number of nitrogens with zero attached hydrogens (tertiary/aromatic N) is 4. The van der Waals surface area contributed by atoms with Crippen LogP contribution < -0.4 is 5.56 Å². The van der Waals surface area contributed by atoms with E-state index in [1.54, 1.807) is 0 Å². The molecular weight excluding hydrogens is 438 g/mol. The minimum atomic E-state index is -0.253. The van der Waals surface area contributed by atoms with E-state index in [0.29, 0.717) is 39.5 Å². The fourth-order valence-electron chi connectivity index (χ4n) is 3.64. The number of ether oxygens (including phenoxy) is 1. The molecule has 4 heterocycles. The van der Waals surface area contributed by atoms with Crippen LogP contribution in [0.1, 0.15) is 24.3 Å². The van der Waals surface area contributed by atoms with Gasteiger partial charge in [-0.1, -0.05) is 35.5 Å². The van der Waals surface area contributed by atoms with Crippen molar-refractivity contribution in [1.82, 2.24) is 24.5 Å². The Morgan fingerprint density at radius 3 is 3.00 bits per heavy atom. The van der Waals surface area contributed by atoms with Crippen molar-refractivity contribution in [3.8, 4) is 11.5 Å². The Kier molecular flexibility index (Phi) is 5.56. The molecular formula is C21H20ClN5O3S. The third kappa shape index (κ3) is 4.00. The molecule has 0 saturated carbocycles. The summed E-state index contributed by atoms with van der Waals surface area (Å²) in [6.07, 6.45) is 3.52. The Labute approximate surface area is 187 Å². The zero-order chi connectivity index (χ0) is 21.4. The fourth-order valence-corrected chi connectivity index (χ4v) is 4.86. The van der Waals surface area contributed by atoms with Crippen LogP contribution in [-0.2, 0) is 17.0 Å². The molecule has 1 aromatic carbocycles. The SMILES string of the molecule is Cc1oc(-c2ccccc2Cl)nc1CSc1nc2c(=O)[nH]cnc2n1CC1CCCO1. The molecule has 1 aliphatic heterocycles. The van der Waals surface area contributed by atoms with Crippen molar-refractivity contribution in [2.45, 2.75) is 43.3 Å². The summed E-state index contributed by atoms with van der Waals surface area (Å²) in [5.74, 6) is 1.75. The number of halogens is 1. The minimum absolute atomic E-state index is 0.0958. The van der Waals surface area contributed by atoms with Crippen molar-refractivity contribution in [3.05, 3.63) is 57.4 Å². The van der Waals surface area contributed by atoms with Gasteiger partial charge >= 0.3 is 0 Å². The Balaban J connectivity index is 1.44. The Morgan fingerprint density at radius 2 is 2.19 bits per heavy atom. The number of thioether (sulfide) groups is 1. The summed E-state index contributed by atoms with van der Waals surface area (Å²) in [5, 5.41) is 1.29. The number of aromatic amines is 1. The summed E-state index contributed by atoms with van der Waals surface area (Å²) >= 11 is 7.78. The summed E-state index contributed by atoms with van der Waals surface area (Å²) in [6, 6.07) is 7.45. The number of hydrogen-bond donors (Lipinski definition) is 1. The highest BCUT2D eigenvalue weighted by molar-refractivity contribution is 7.98. The standard InChI is InChI=1S/C21H20ClN5O3S/c1-12-16(25-20(30-12)14-6-2-3-7-15(14)22)10-31-21-26-17-18(23-11-24-19(17)28)27(21)9-13-5-4-8-29-13/h2-3,6-7,11,13H,4-5,8-10H2,1H3,(H,23,24,28). The van der Waals surface area contributed by atoms with Crippen LogP contribution in [0.2, 0.25) is 5.02 Å². The third-order valence-electron chi connectivity index (χ3n) is 5.25. The predicted molar refractivity (Wildman–Crippen MR) is 118 cm³/mol. The van der Waals surface area contributed by atoms with Gasteiger partial charge in [-0.05, 0) is 31.9 Å². The summed E-state index contributed by atoms with van der Waals surface area (Å²) < 4.78 is 13.6. The maximum atomic E-state index is 12.3. The summed E-state index contributed by atoms with van der Waals surface area (Å²) in [7, 11) is 0. The zero-order valence-corrected chi connectivity index (χ0v) is 18.4. The first-order chi connectivity index (χ1) is 15.1. The van der Waals surface area contributed by atoms with Crippen LogP contribution in [-0.4, -0.2) is 37.2 Å². The van der Waals surface area contributed by atoms with Gasteiger partial charge in [0.05, 0.1) is 35.3 Å². The van der Waals surface area contributed by atoms with Crippen LogP contribution in [0, 0.1) is 6.92 Å². The van der Waals surface area contributed by atoms with E-state index in [1.165, 1.54) is 18.1 Å². The van der Waals surface area contributed by atoms with Crippen LogP contribution >= 0.6 is 23.4 Å². The Hall–Kier alpha value is -2.62. The predicted octanol–water partition coefficient (Wildman–Crippen LogP) is 4.21. The van der Waals surface area contributed by atoms with Gasteiger partial charge in [0.25, 0.3) is 5.56 Å². The molecule has 0 amide bonds. The van der Waals surface area contributed by atoms with Gasteiger partial charge in [0.1, 0.15) is 5.76 Å². The first-order valence-corrected chi connectivity index (χ1v) is 11.4. The van der Waals surface area contributed by atoms with Gasteiger partial charge in [-0.15, -0.1) is 0 Å². The van der Waals surface area contributed by atoms with Crippen molar-refractivity contribution in [2.75, 3.05) is 6.61 Å². The largest absolute Gasteiger partial charge is 0.441 e. The number of aryl methyl sites for hydroxylation is 1. The van der Waals surface area contributed by atoms with E-state index < -0.39 is 0 Å². The second-order valence-corrected chi connectivity index (χ2v) is 8.68. The topological polar surface area (TPSA) is 98.8 Å². The Morgan fingerprint density at radius 1 is 1.32 bits per heavy atom. The normalized spacial score (nSPS) is 16.4. The number of fused-ring (bicyclic) bond motifs is 1. The van der Waals surface area contributed by atoms with Gasteiger partial charge in [-0.2, -0.15) is 0 Å². The first-order valence-electron chi connectivity index (χ1n) is 9.99. The molecule has 31 heavy (non-hydrogen) atoms. The monoisotopic (exact) mass is 457 g/mol. The van der Waals surface area contributed by atoms with Gasteiger partial charge in [0, 0.05) is 12.4 Å². The maximum Gasteiger partial charge on any atom is 0.278 e. The lowest BCUT2D eigenvalue weighted by molar-refractivity contribution is 0.0958. The smallest absolute Gasteiger partial charge is 0.278 e. The maximum absolute atomic E-state index is 12.3. The fraction of sp³-hybridized carbons (Fsp3) is 0.333. The van der Waals surface area contributed by atoms with Crippen molar-refractivity contribution in [2.24, 2.45) is 0 Å². The van der Waals surface area contributed by atoms with Crippen LogP contribution in [0.4, 0.5) is 0 Å². The molecule has 3 aromatic heterocycles. The molecule has 4 aromatic rings. The van der Waals surface area contributed by atoms with Crippen LogP contribution in [0.25, 0.3) is 22.6 Å². The average Bonchev–Trinajstić information content (AvgIpc) is 3.48. The number of aromatic nitrogens is 5. The molecule has 0 radical (unpaired) electrons. The molecule has 5 rings (SSSR count). The quantitative estimate of drug-likeness (QED) is 0.433. The highest BCUT2D eigenvalue weighted by Gasteiger charge is 2.22. The van der Waals surface area contributed by atoms with E-state index in [2.05, 4.69) is 19.9 Å². The summed E-state index contributed by atoms with van der Waals surface area (Å²) in [6.45, 7) is 3.25. The molecule has 1 N–H and O–H groups in total. The molecule has 0 spiro atoms. The van der Waals surface area contributed by atoms with E-state index in [9.17, 15) is 4.79 Å². The number of hydrogen-bond acceptors (Lipinski definition) is 7. The lowest BCUT2D eigenvalue weighted by Crippen LogP contribution is -2.16. The number of H-pyrrole nitrogens is 1. The third-order valence-corrected chi connectivity index (χ3v) is 6.57. The first kappa shape index (κ1) is 20.3. The highest BCUT2D eigenvalue weighted by Crippen LogP contribution is 2.32. The molecule has 1 saturated heterocycles. The Bertz CT molecular complexity index is 1290. The molecule has 160 valence electrons. The van der Waals surface area contributed by atoms with E-state index in [0.717, 1.165) is 36.5 Å². The number of imidazole rings is 1. The van der Waals surface area contributed by atoms with Crippen LogP contribution in [0.5, 0.6) is 0 Å². The van der Waals surface area contributed by atoms with Gasteiger partial charge < -0.3 is 18.7 Å². The van der Waals surface area contributed by atoms with E-state index in [4.69, 9.17) is 20.8 Å². The molecule has 1 unspecified atom stereocenters. The van der Waals surface area contributed by atoms with E-state index in [-0.39, 0.29) is 11.7 Å². The van der Waals surface area contributed by atoms with Gasteiger partial charge in [-0.3, -0.25) is 4.79 Å². The lowest BCUT2D eigenvalue weighted by atomic mass is 10.2. The average molecular weight is 458 g/mol. The second kappa shape index (κ2) is 8.49. The van der Waals surface area contributed by atoms with Gasteiger partial charge in [0.15, 0.2) is 16.3 Å². The summed E-state index contributed by atoms with van der Waals surface area (Å²) in [5.41, 5.74) is 2.20. The zero-order valence-electron chi connectivity index (χ0n) is 16.8. The molecule has 0 bridgehead atoms. The number of oxazole rings is 1. The summed E-state index contributed by atoms with van der Waals surface area (Å²) in [4.78, 5) is 28.4.